The van der Waals surface area contributed by atoms with Gasteiger partial charge in [-0.2, -0.15) is 0 Å². The fraction of sp³-hybridized carbons (Fsp3) is 0.308. The van der Waals surface area contributed by atoms with E-state index in [1.165, 1.54) is 0 Å². The van der Waals surface area contributed by atoms with Crippen LogP contribution in [0.15, 0.2) is 16.7 Å². The zero-order valence-electron chi connectivity index (χ0n) is 10.5. The molecule has 1 aliphatic rings. The average molecular weight is 309 g/mol. The molecule has 2 heterocycles. The van der Waals surface area contributed by atoms with E-state index in [-0.39, 0.29) is 0 Å². The minimum Gasteiger partial charge on any atom is -0.454 e. The highest BCUT2D eigenvalue weighted by molar-refractivity contribution is 9.10. The maximum absolute atomic E-state index is 5.43. The normalized spacial score (nSPS) is 13.1. The maximum Gasteiger partial charge on any atom is 0.231 e. The lowest BCUT2D eigenvalue weighted by atomic mass is 10.1. The van der Waals surface area contributed by atoms with Gasteiger partial charge in [0.25, 0.3) is 0 Å². The Balaban J connectivity index is 2.23. The van der Waals surface area contributed by atoms with Crippen molar-refractivity contribution in [1.82, 2.24) is 9.55 Å². The molecule has 0 atom stereocenters. The molecule has 0 saturated heterocycles. The van der Waals surface area contributed by atoms with Gasteiger partial charge in [-0.3, -0.25) is 0 Å². The van der Waals surface area contributed by atoms with Gasteiger partial charge < -0.3 is 14.0 Å². The number of rotatable bonds is 1. The number of aryl methyl sites for hydroxylation is 2. The number of hydrogen-bond donors (Lipinski definition) is 0. The van der Waals surface area contributed by atoms with Crippen molar-refractivity contribution in [1.29, 1.82) is 0 Å². The SMILES string of the molecule is Cc1cc2c(cc1-c1c(Br)nc(C)n1C)OCO2. The molecule has 0 spiro atoms. The largest absolute Gasteiger partial charge is 0.454 e. The molecule has 0 amide bonds. The highest BCUT2D eigenvalue weighted by Crippen LogP contribution is 2.40. The first-order chi connectivity index (χ1) is 8.58. The van der Waals surface area contributed by atoms with Gasteiger partial charge in [0, 0.05) is 12.6 Å². The molecule has 0 aliphatic carbocycles. The quantitative estimate of drug-likeness (QED) is 0.811. The Morgan fingerprint density at radius 2 is 1.89 bits per heavy atom. The van der Waals surface area contributed by atoms with Crippen molar-refractivity contribution in [2.24, 2.45) is 7.05 Å². The Kier molecular flexibility index (Phi) is 2.59. The number of aromatic nitrogens is 2. The number of hydrogen-bond acceptors (Lipinski definition) is 3. The number of fused-ring (bicyclic) bond motifs is 1. The van der Waals surface area contributed by atoms with Crippen LogP contribution in [-0.4, -0.2) is 16.3 Å². The highest BCUT2D eigenvalue weighted by Gasteiger charge is 2.20. The van der Waals surface area contributed by atoms with Crippen molar-refractivity contribution in [3.05, 3.63) is 28.1 Å². The first-order valence-electron chi connectivity index (χ1n) is 5.67. The van der Waals surface area contributed by atoms with Crippen LogP contribution in [0.1, 0.15) is 11.4 Å². The first-order valence-corrected chi connectivity index (χ1v) is 6.46. The number of benzene rings is 1. The summed E-state index contributed by atoms with van der Waals surface area (Å²) in [6, 6.07) is 4.02. The summed E-state index contributed by atoms with van der Waals surface area (Å²) >= 11 is 3.52. The lowest BCUT2D eigenvalue weighted by Gasteiger charge is -2.09. The van der Waals surface area contributed by atoms with Gasteiger partial charge in [-0.15, -0.1) is 0 Å². The molecule has 94 valence electrons. The van der Waals surface area contributed by atoms with E-state index in [4.69, 9.17) is 9.47 Å². The summed E-state index contributed by atoms with van der Waals surface area (Å²) in [5.74, 6) is 2.57. The summed E-state index contributed by atoms with van der Waals surface area (Å²) in [6.07, 6.45) is 0. The fourth-order valence-electron chi connectivity index (χ4n) is 2.16. The molecule has 0 saturated carbocycles. The van der Waals surface area contributed by atoms with Gasteiger partial charge in [0.1, 0.15) is 10.4 Å². The maximum atomic E-state index is 5.43. The molecule has 1 aliphatic heterocycles. The van der Waals surface area contributed by atoms with E-state index < -0.39 is 0 Å². The second kappa shape index (κ2) is 4.02. The lowest BCUT2D eigenvalue weighted by molar-refractivity contribution is 0.174. The van der Waals surface area contributed by atoms with Crippen LogP contribution in [0.4, 0.5) is 0 Å². The smallest absolute Gasteiger partial charge is 0.231 e. The summed E-state index contributed by atoms with van der Waals surface area (Å²) in [5.41, 5.74) is 3.31. The van der Waals surface area contributed by atoms with Crippen molar-refractivity contribution in [2.75, 3.05) is 6.79 Å². The van der Waals surface area contributed by atoms with Gasteiger partial charge in [0.2, 0.25) is 6.79 Å². The van der Waals surface area contributed by atoms with Crippen LogP contribution >= 0.6 is 15.9 Å². The molecule has 0 bridgehead atoms. The Labute approximate surface area is 114 Å². The van der Waals surface area contributed by atoms with Gasteiger partial charge in [-0.25, -0.2) is 4.98 Å². The molecule has 4 nitrogen and oxygen atoms in total. The van der Waals surface area contributed by atoms with Crippen LogP contribution in [0.2, 0.25) is 0 Å². The van der Waals surface area contributed by atoms with Crippen LogP contribution < -0.4 is 9.47 Å². The summed E-state index contributed by atoms with van der Waals surface area (Å²) in [6.45, 7) is 4.34. The molecule has 0 N–H and O–H groups in total. The molecule has 1 aromatic carbocycles. The molecule has 0 radical (unpaired) electrons. The van der Waals surface area contributed by atoms with E-state index in [2.05, 4.69) is 32.4 Å². The van der Waals surface area contributed by atoms with Crippen molar-refractivity contribution >= 4 is 15.9 Å². The van der Waals surface area contributed by atoms with E-state index in [1.807, 2.05) is 26.1 Å². The predicted molar refractivity (Wildman–Crippen MR) is 71.9 cm³/mol. The summed E-state index contributed by atoms with van der Waals surface area (Å²) in [7, 11) is 2.01. The zero-order chi connectivity index (χ0) is 12.9. The fourth-order valence-corrected chi connectivity index (χ4v) is 2.90. The topological polar surface area (TPSA) is 36.3 Å². The van der Waals surface area contributed by atoms with Crippen LogP contribution in [-0.2, 0) is 7.05 Å². The monoisotopic (exact) mass is 308 g/mol. The zero-order valence-corrected chi connectivity index (χ0v) is 12.0. The van der Waals surface area contributed by atoms with Crippen molar-refractivity contribution in [3.63, 3.8) is 0 Å². The van der Waals surface area contributed by atoms with Crippen molar-refractivity contribution < 1.29 is 9.47 Å². The number of ether oxygens (including phenoxy) is 2. The molecular weight excluding hydrogens is 296 g/mol. The van der Waals surface area contributed by atoms with E-state index in [0.717, 1.165) is 38.7 Å². The van der Waals surface area contributed by atoms with E-state index in [1.54, 1.807) is 0 Å². The summed E-state index contributed by atoms with van der Waals surface area (Å²) in [5, 5.41) is 0. The standard InChI is InChI=1S/C13H13BrN2O2/c1-7-4-10-11(18-6-17-10)5-9(7)12-13(14)15-8(2)16(12)3/h4-5H,6H2,1-3H3. The van der Waals surface area contributed by atoms with E-state index in [9.17, 15) is 0 Å². The van der Waals surface area contributed by atoms with Gasteiger partial charge in [-0.05, 0) is 47.5 Å². The Hall–Kier alpha value is -1.49. The molecular formula is C13H13BrN2O2. The second-order valence-electron chi connectivity index (χ2n) is 4.38. The van der Waals surface area contributed by atoms with Crippen LogP contribution in [0.25, 0.3) is 11.3 Å². The number of halogens is 1. The second-order valence-corrected chi connectivity index (χ2v) is 5.13. The first kappa shape index (κ1) is 11.6. The molecule has 5 heteroatoms. The average Bonchev–Trinajstić information content (AvgIpc) is 2.84. The Morgan fingerprint density at radius 1 is 1.22 bits per heavy atom. The molecule has 18 heavy (non-hydrogen) atoms. The molecule has 3 rings (SSSR count). The van der Waals surface area contributed by atoms with Gasteiger partial charge in [-0.1, -0.05) is 0 Å². The van der Waals surface area contributed by atoms with Gasteiger partial charge in [0.05, 0.1) is 5.69 Å². The minimum atomic E-state index is 0.295. The third kappa shape index (κ3) is 1.61. The Bertz CT molecular complexity index is 634. The molecule has 0 fully saturated rings. The number of nitrogens with zero attached hydrogens (tertiary/aromatic N) is 2. The van der Waals surface area contributed by atoms with E-state index >= 15 is 0 Å². The third-order valence-corrected chi connectivity index (χ3v) is 3.80. The molecule has 2 aromatic rings. The van der Waals surface area contributed by atoms with Crippen LogP contribution in [0.5, 0.6) is 11.5 Å². The van der Waals surface area contributed by atoms with Crippen molar-refractivity contribution in [2.45, 2.75) is 13.8 Å². The van der Waals surface area contributed by atoms with Crippen LogP contribution in [0, 0.1) is 13.8 Å². The lowest BCUT2D eigenvalue weighted by Crippen LogP contribution is -1.96. The minimum absolute atomic E-state index is 0.295. The van der Waals surface area contributed by atoms with Gasteiger partial charge in [0.15, 0.2) is 11.5 Å². The molecule has 0 unspecified atom stereocenters. The van der Waals surface area contributed by atoms with Crippen LogP contribution in [0.3, 0.4) is 0 Å². The summed E-state index contributed by atoms with van der Waals surface area (Å²) in [4.78, 5) is 4.43. The Morgan fingerprint density at radius 3 is 2.50 bits per heavy atom. The predicted octanol–water partition coefficient (Wildman–Crippen LogP) is 3.20. The third-order valence-electron chi connectivity index (χ3n) is 3.25. The van der Waals surface area contributed by atoms with E-state index in [0.29, 0.717) is 6.79 Å². The molecule has 1 aromatic heterocycles. The van der Waals surface area contributed by atoms with Gasteiger partial charge >= 0.3 is 0 Å². The summed E-state index contributed by atoms with van der Waals surface area (Å²) < 4.78 is 13.7. The van der Waals surface area contributed by atoms with Crippen molar-refractivity contribution in [3.8, 4) is 22.8 Å². The highest BCUT2D eigenvalue weighted by atomic mass is 79.9. The number of imidazole rings is 1.